The molecule has 0 aliphatic rings. The van der Waals surface area contributed by atoms with Gasteiger partial charge in [-0.3, -0.25) is 4.79 Å². The van der Waals surface area contributed by atoms with Crippen LogP contribution in [0.15, 0.2) is 60.2 Å². The van der Waals surface area contributed by atoms with Crippen molar-refractivity contribution in [3.8, 4) is 0 Å². The average Bonchev–Trinajstić information content (AvgIpc) is 2.44. The molecule has 0 spiro atoms. The van der Waals surface area contributed by atoms with Crippen LogP contribution in [-0.2, 0) is 0 Å². The Bertz CT molecular complexity index is 670. The molecule has 0 saturated carbocycles. The summed E-state index contributed by atoms with van der Waals surface area (Å²) < 4.78 is 39.5. The van der Waals surface area contributed by atoms with Gasteiger partial charge in [-0.25, -0.2) is 0 Å². The molecular formula is C17H13F3O. The van der Waals surface area contributed by atoms with Gasteiger partial charge in [0.2, 0.25) is 0 Å². The van der Waals surface area contributed by atoms with Gasteiger partial charge >= 0.3 is 6.18 Å². The van der Waals surface area contributed by atoms with Gasteiger partial charge in [-0.2, -0.15) is 13.2 Å². The van der Waals surface area contributed by atoms with E-state index in [1.54, 1.807) is 37.3 Å². The summed E-state index contributed by atoms with van der Waals surface area (Å²) in [6, 6.07) is 14.1. The molecule has 0 unspecified atom stereocenters. The fourth-order valence-electron chi connectivity index (χ4n) is 1.93. The van der Waals surface area contributed by atoms with Gasteiger partial charge in [0.15, 0.2) is 5.78 Å². The summed E-state index contributed by atoms with van der Waals surface area (Å²) >= 11 is 0. The second-order valence-electron chi connectivity index (χ2n) is 4.67. The zero-order chi connectivity index (χ0) is 15.5. The first-order valence-corrected chi connectivity index (χ1v) is 6.33. The number of halogens is 3. The number of carbonyl (C=O) groups is 1. The average molecular weight is 290 g/mol. The van der Waals surface area contributed by atoms with E-state index in [0.29, 0.717) is 5.56 Å². The number of benzene rings is 2. The van der Waals surface area contributed by atoms with Crippen LogP contribution in [0.3, 0.4) is 0 Å². The summed E-state index contributed by atoms with van der Waals surface area (Å²) in [5.41, 5.74) is -0.0540. The molecule has 4 heteroatoms. The predicted molar refractivity (Wildman–Crippen MR) is 76.0 cm³/mol. The zero-order valence-corrected chi connectivity index (χ0v) is 11.3. The highest BCUT2D eigenvalue weighted by Crippen LogP contribution is 2.30. The van der Waals surface area contributed by atoms with Crippen molar-refractivity contribution in [2.75, 3.05) is 0 Å². The number of allylic oxidation sites excluding steroid dienone is 1. The Kier molecular flexibility index (Phi) is 4.26. The van der Waals surface area contributed by atoms with Crippen molar-refractivity contribution in [3.05, 3.63) is 76.9 Å². The van der Waals surface area contributed by atoms with Crippen molar-refractivity contribution >= 4 is 11.9 Å². The zero-order valence-electron chi connectivity index (χ0n) is 11.3. The molecule has 0 radical (unpaired) electrons. The number of Topliss-reactive ketones (excluding diaryl/α,β-unsaturated/α-hetero) is 1. The smallest absolute Gasteiger partial charge is 0.289 e. The minimum atomic E-state index is -4.70. The maximum absolute atomic E-state index is 13.2. The molecule has 108 valence electrons. The highest BCUT2D eigenvalue weighted by Gasteiger charge is 2.38. The standard InChI is InChI=1S/C17H13F3O/c1-12-6-5-9-14(10-12)16(21)15(17(18,19)20)11-13-7-3-2-4-8-13/h2-11H,1H3/b15-11+. The third-order valence-corrected chi connectivity index (χ3v) is 2.94. The van der Waals surface area contributed by atoms with Crippen LogP contribution in [0.1, 0.15) is 21.5 Å². The van der Waals surface area contributed by atoms with Gasteiger partial charge in [0.1, 0.15) is 5.57 Å². The van der Waals surface area contributed by atoms with E-state index in [0.717, 1.165) is 11.6 Å². The summed E-state index contributed by atoms with van der Waals surface area (Å²) in [6.45, 7) is 1.73. The molecule has 0 fully saturated rings. The van der Waals surface area contributed by atoms with Crippen molar-refractivity contribution in [2.24, 2.45) is 0 Å². The lowest BCUT2D eigenvalue weighted by molar-refractivity contribution is -0.0878. The van der Waals surface area contributed by atoms with Gasteiger partial charge in [-0.1, -0.05) is 54.1 Å². The Labute approximate surface area is 120 Å². The van der Waals surface area contributed by atoms with E-state index < -0.39 is 17.5 Å². The quantitative estimate of drug-likeness (QED) is 0.585. The molecule has 21 heavy (non-hydrogen) atoms. The highest BCUT2D eigenvalue weighted by atomic mass is 19.4. The van der Waals surface area contributed by atoms with E-state index in [4.69, 9.17) is 0 Å². The van der Waals surface area contributed by atoms with Gasteiger partial charge in [0.25, 0.3) is 0 Å². The summed E-state index contributed by atoms with van der Waals surface area (Å²) in [5.74, 6) is -1.02. The number of carbonyl (C=O) groups excluding carboxylic acids is 1. The maximum Gasteiger partial charge on any atom is 0.420 e. The molecule has 0 N–H and O–H groups in total. The third kappa shape index (κ3) is 3.81. The Balaban J connectivity index is 2.47. The van der Waals surface area contributed by atoms with Crippen LogP contribution in [0.5, 0.6) is 0 Å². The summed E-state index contributed by atoms with van der Waals surface area (Å²) in [6.07, 6.45) is -3.82. The number of ketones is 1. The van der Waals surface area contributed by atoms with Crippen LogP contribution in [0.4, 0.5) is 13.2 Å². The van der Waals surface area contributed by atoms with Crippen LogP contribution in [0.25, 0.3) is 6.08 Å². The molecule has 0 bridgehead atoms. The van der Waals surface area contributed by atoms with E-state index in [2.05, 4.69) is 0 Å². The molecule has 0 aliphatic carbocycles. The normalized spacial score (nSPS) is 12.3. The van der Waals surface area contributed by atoms with Gasteiger partial charge < -0.3 is 0 Å². The van der Waals surface area contributed by atoms with Crippen LogP contribution < -0.4 is 0 Å². The minimum Gasteiger partial charge on any atom is -0.289 e. The molecular weight excluding hydrogens is 277 g/mol. The van der Waals surface area contributed by atoms with Gasteiger partial charge in [0, 0.05) is 5.56 Å². The molecule has 0 saturated heterocycles. The summed E-state index contributed by atoms with van der Waals surface area (Å²) in [5, 5.41) is 0. The Morgan fingerprint density at radius 1 is 1.00 bits per heavy atom. The second-order valence-corrected chi connectivity index (χ2v) is 4.67. The second kappa shape index (κ2) is 5.95. The van der Waals surface area contributed by atoms with Gasteiger partial charge in [-0.05, 0) is 24.6 Å². The van der Waals surface area contributed by atoms with Crippen molar-refractivity contribution < 1.29 is 18.0 Å². The molecule has 0 atom stereocenters. The van der Waals surface area contributed by atoms with Crippen molar-refractivity contribution in [3.63, 3.8) is 0 Å². The molecule has 2 aromatic carbocycles. The van der Waals surface area contributed by atoms with Crippen LogP contribution in [0, 0.1) is 6.92 Å². The number of aryl methyl sites for hydroxylation is 1. The van der Waals surface area contributed by atoms with Gasteiger partial charge in [0.05, 0.1) is 0 Å². The number of rotatable bonds is 3. The highest BCUT2D eigenvalue weighted by molar-refractivity contribution is 6.12. The van der Waals surface area contributed by atoms with Crippen molar-refractivity contribution in [1.82, 2.24) is 0 Å². The molecule has 0 heterocycles. The minimum absolute atomic E-state index is 0.0366. The van der Waals surface area contributed by atoms with Gasteiger partial charge in [-0.15, -0.1) is 0 Å². The first-order chi connectivity index (χ1) is 9.88. The van der Waals surface area contributed by atoms with E-state index >= 15 is 0 Å². The molecule has 2 rings (SSSR count). The predicted octanol–water partition coefficient (Wildman–Crippen LogP) is 4.82. The molecule has 0 amide bonds. The van der Waals surface area contributed by atoms with Crippen LogP contribution >= 0.6 is 0 Å². The monoisotopic (exact) mass is 290 g/mol. The topological polar surface area (TPSA) is 17.1 Å². The Morgan fingerprint density at radius 2 is 1.67 bits per heavy atom. The molecule has 0 aromatic heterocycles. The van der Waals surface area contributed by atoms with Crippen molar-refractivity contribution in [2.45, 2.75) is 13.1 Å². The molecule has 2 aromatic rings. The largest absolute Gasteiger partial charge is 0.420 e. The van der Waals surface area contributed by atoms with E-state index in [1.165, 1.54) is 24.3 Å². The summed E-state index contributed by atoms with van der Waals surface area (Å²) in [7, 11) is 0. The SMILES string of the molecule is Cc1cccc(C(=O)/C(=C\c2ccccc2)C(F)(F)F)c1. The molecule has 0 aliphatic heterocycles. The molecule has 1 nitrogen and oxygen atoms in total. The third-order valence-electron chi connectivity index (χ3n) is 2.94. The fourth-order valence-corrected chi connectivity index (χ4v) is 1.93. The van der Waals surface area contributed by atoms with E-state index in [-0.39, 0.29) is 5.56 Å². The number of hydrogen-bond acceptors (Lipinski definition) is 1. The maximum atomic E-state index is 13.2. The van der Waals surface area contributed by atoms with E-state index in [1.807, 2.05) is 0 Å². The van der Waals surface area contributed by atoms with Crippen LogP contribution in [-0.4, -0.2) is 12.0 Å². The first kappa shape index (κ1) is 15.0. The lowest BCUT2D eigenvalue weighted by Crippen LogP contribution is -2.20. The van der Waals surface area contributed by atoms with Crippen LogP contribution in [0.2, 0.25) is 0 Å². The summed E-state index contributed by atoms with van der Waals surface area (Å²) in [4.78, 5) is 12.2. The van der Waals surface area contributed by atoms with Crippen molar-refractivity contribution in [1.29, 1.82) is 0 Å². The number of alkyl halides is 3. The fraction of sp³-hybridized carbons (Fsp3) is 0.118. The van der Waals surface area contributed by atoms with E-state index in [9.17, 15) is 18.0 Å². The Morgan fingerprint density at radius 3 is 2.24 bits per heavy atom. The number of hydrogen-bond donors (Lipinski definition) is 0. The lowest BCUT2D eigenvalue weighted by atomic mass is 9.99. The Hall–Kier alpha value is -2.36. The first-order valence-electron chi connectivity index (χ1n) is 6.33. The lowest BCUT2D eigenvalue weighted by Gasteiger charge is -2.11.